The fourth-order valence-electron chi connectivity index (χ4n) is 2.70. The molecule has 0 heterocycles. The predicted octanol–water partition coefficient (Wildman–Crippen LogP) is 4.84. The number of carbonyl (C=O) groups excluding carboxylic acids is 2. The Labute approximate surface area is 199 Å². The molecule has 0 saturated heterocycles. The number of rotatable bonds is 6. The first-order chi connectivity index (χ1) is 16.3. The summed E-state index contributed by atoms with van der Waals surface area (Å²) in [5, 5.41) is 20.2. The monoisotopic (exact) mass is 467 g/mol. The van der Waals surface area contributed by atoms with E-state index in [4.69, 9.17) is 24.5 Å². The van der Waals surface area contributed by atoms with Crippen LogP contribution in [0.15, 0.2) is 59.8 Å². The number of hydrogen-bond donors (Lipinski definition) is 2. The molecule has 3 aromatic rings. The summed E-state index contributed by atoms with van der Waals surface area (Å²) in [5.74, 6) is 1.83. The van der Waals surface area contributed by atoms with E-state index in [0.29, 0.717) is 34.7 Å². The molecule has 2 N–H and O–H groups in total. The second kappa shape index (κ2) is 14.7. The highest BCUT2D eigenvalue weighted by atomic mass is 16.5. The Morgan fingerprint density at radius 2 is 1.09 bits per heavy atom. The lowest BCUT2D eigenvalue weighted by Crippen LogP contribution is -1.91. The summed E-state index contributed by atoms with van der Waals surface area (Å²) in [6.45, 7) is 3.93. The molecule has 0 spiro atoms. The van der Waals surface area contributed by atoms with Gasteiger partial charge < -0.3 is 24.5 Å². The molecule has 8 nitrogen and oxygen atoms in total. The van der Waals surface area contributed by atoms with Gasteiger partial charge in [0.1, 0.15) is 23.0 Å². The van der Waals surface area contributed by atoms with Gasteiger partial charge in [-0.05, 0) is 61.4 Å². The van der Waals surface area contributed by atoms with Crippen molar-refractivity contribution in [2.75, 3.05) is 21.3 Å². The van der Waals surface area contributed by atoms with E-state index in [1.54, 1.807) is 20.3 Å². The number of methoxy groups -OCH3 is 3. The molecule has 0 fully saturated rings. The molecule has 0 atom stereocenters. The van der Waals surface area contributed by atoms with Crippen LogP contribution in [0, 0.1) is 13.8 Å². The number of aromatic hydroxyl groups is 1. The summed E-state index contributed by atoms with van der Waals surface area (Å²) in [7, 11) is 4.59. The number of aldehydes is 2. The number of aryl methyl sites for hydroxylation is 2. The molecule has 0 aliphatic rings. The minimum absolute atomic E-state index is 0.0902. The zero-order valence-corrected chi connectivity index (χ0v) is 19.8. The first-order valence-corrected chi connectivity index (χ1v) is 10.1. The summed E-state index contributed by atoms with van der Waals surface area (Å²) in [6, 6.07) is 15.5. The van der Waals surface area contributed by atoms with Crippen LogP contribution < -0.4 is 14.2 Å². The highest BCUT2D eigenvalue weighted by molar-refractivity contribution is 5.83. The Morgan fingerprint density at radius 3 is 1.53 bits per heavy atom. The Bertz CT molecular complexity index is 1050. The van der Waals surface area contributed by atoms with Gasteiger partial charge in [0.15, 0.2) is 12.6 Å². The van der Waals surface area contributed by atoms with Crippen molar-refractivity contribution < 1.29 is 34.1 Å². The van der Waals surface area contributed by atoms with E-state index in [1.807, 2.05) is 44.2 Å². The number of oxime groups is 1. The van der Waals surface area contributed by atoms with Crippen LogP contribution in [-0.2, 0) is 0 Å². The smallest absolute Gasteiger partial charge is 0.153 e. The van der Waals surface area contributed by atoms with Crippen LogP contribution in [0.1, 0.15) is 37.4 Å². The van der Waals surface area contributed by atoms with Gasteiger partial charge in [0, 0.05) is 11.6 Å². The van der Waals surface area contributed by atoms with Gasteiger partial charge in [-0.3, -0.25) is 9.59 Å². The van der Waals surface area contributed by atoms with Crippen LogP contribution >= 0.6 is 0 Å². The van der Waals surface area contributed by atoms with Gasteiger partial charge in [-0.25, -0.2) is 0 Å². The number of hydrogen-bond acceptors (Lipinski definition) is 8. The predicted molar refractivity (Wildman–Crippen MR) is 130 cm³/mol. The molecule has 0 amide bonds. The van der Waals surface area contributed by atoms with Crippen molar-refractivity contribution >= 4 is 18.8 Å². The van der Waals surface area contributed by atoms with Crippen LogP contribution in [0.4, 0.5) is 0 Å². The number of phenols is 1. The van der Waals surface area contributed by atoms with Crippen LogP contribution in [0.25, 0.3) is 0 Å². The van der Waals surface area contributed by atoms with Crippen molar-refractivity contribution in [2.45, 2.75) is 13.8 Å². The summed E-state index contributed by atoms with van der Waals surface area (Å²) >= 11 is 0. The topological polar surface area (TPSA) is 115 Å². The standard InChI is InChI=1S/C9H11NO2.C9H10O2.C8H8O3/c1-7-3-4-8(6-10-11)9(5-7)12-2;1-7-3-4-8(6-10)9(5-7)11-2;1-11-8-4-7(10)3-2-6(8)5-9/h3-6,11H,1-2H3;3-6H,1-2H3;2-5,10H,1H3/b10-6+;;. The van der Waals surface area contributed by atoms with E-state index in [9.17, 15) is 9.59 Å². The van der Waals surface area contributed by atoms with Gasteiger partial charge in [-0.15, -0.1) is 0 Å². The average Bonchev–Trinajstić information content (AvgIpc) is 2.85. The first kappa shape index (κ1) is 27.7. The van der Waals surface area contributed by atoms with Crippen molar-refractivity contribution in [1.29, 1.82) is 0 Å². The molecular formula is C26H29NO7. The number of carbonyl (C=O) groups is 2. The number of phenolic OH excluding ortho intramolecular Hbond substituents is 1. The van der Waals surface area contributed by atoms with Crippen molar-refractivity contribution in [3.8, 4) is 23.0 Å². The van der Waals surface area contributed by atoms with Gasteiger partial charge in [-0.1, -0.05) is 17.3 Å². The van der Waals surface area contributed by atoms with E-state index < -0.39 is 0 Å². The molecular weight excluding hydrogens is 438 g/mol. The Hall–Kier alpha value is -4.33. The molecule has 0 radical (unpaired) electrons. The highest BCUT2D eigenvalue weighted by Gasteiger charge is 2.01. The van der Waals surface area contributed by atoms with Crippen molar-refractivity contribution in [1.82, 2.24) is 0 Å². The fraction of sp³-hybridized carbons (Fsp3) is 0.192. The summed E-state index contributed by atoms with van der Waals surface area (Å²) < 4.78 is 14.9. The highest BCUT2D eigenvalue weighted by Crippen LogP contribution is 2.22. The molecule has 8 heteroatoms. The SMILES string of the molecule is COc1cc(C)ccc1/C=N/O.COc1cc(C)ccc1C=O.COc1cc(O)ccc1C=O. The van der Waals surface area contributed by atoms with Crippen LogP contribution in [0.5, 0.6) is 23.0 Å². The molecule has 3 aromatic carbocycles. The molecule has 3 rings (SSSR count). The van der Waals surface area contributed by atoms with Gasteiger partial charge in [-0.2, -0.15) is 0 Å². The molecule has 0 aromatic heterocycles. The van der Waals surface area contributed by atoms with Gasteiger partial charge in [0.2, 0.25) is 0 Å². The maximum absolute atomic E-state index is 10.4. The summed E-state index contributed by atoms with van der Waals surface area (Å²) in [5.41, 5.74) is 4.00. The van der Waals surface area contributed by atoms with Gasteiger partial charge in [0.25, 0.3) is 0 Å². The summed E-state index contributed by atoms with van der Waals surface area (Å²) in [6.07, 6.45) is 2.81. The third kappa shape index (κ3) is 8.66. The van der Waals surface area contributed by atoms with Gasteiger partial charge >= 0.3 is 0 Å². The summed E-state index contributed by atoms with van der Waals surface area (Å²) in [4.78, 5) is 20.8. The maximum atomic E-state index is 10.4. The quantitative estimate of drug-likeness (QED) is 0.231. The van der Waals surface area contributed by atoms with Crippen LogP contribution in [-0.4, -0.2) is 50.4 Å². The lowest BCUT2D eigenvalue weighted by molar-refractivity contribution is 0.111. The Morgan fingerprint density at radius 1 is 0.676 bits per heavy atom. The van der Waals surface area contributed by atoms with E-state index in [-0.39, 0.29) is 5.75 Å². The third-order valence-corrected chi connectivity index (χ3v) is 4.45. The number of ether oxygens (including phenoxy) is 3. The normalized spacial score (nSPS) is 9.68. The molecule has 0 saturated carbocycles. The van der Waals surface area contributed by atoms with Crippen molar-refractivity contribution in [3.05, 3.63) is 82.4 Å². The first-order valence-electron chi connectivity index (χ1n) is 10.1. The third-order valence-electron chi connectivity index (χ3n) is 4.45. The average molecular weight is 468 g/mol. The Balaban J connectivity index is 0.000000255. The second-order valence-corrected chi connectivity index (χ2v) is 6.90. The zero-order chi connectivity index (χ0) is 25.5. The fourth-order valence-corrected chi connectivity index (χ4v) is 2.70. The van der Waals surface area contributed by atoms with Crippen LogP contribution in [0.2, 0.25) is 0 Å². The van der Waals surface area contributed by atoms with Crippen LogP contribution in [0.3, 0.4) is 0 Å². The second-order valence-electron chi connectivity index (χ2n) is 6.90. The minimum Gasteiger partial charge on any atom is -0.508 e. The maximum Gasteiger partial charge on any atom is 0.153 e. The van der Waals surface area contributed by atoms with Gasteiger partial charge in [0.05, 0.1) is 38.7 Å². The van der Waals surface area contributed by atoms with E-state index >= 15 is 0 Å². The minimum atomic E-state index is 0.0902. The molecule has 180 valence electrons. The lowest BCUT2D eigenvalue weighted by atomic mass is 10.1. The molecule has 0 bridgehead atoms. The molecule has 0 aliphatic carbocycles. The largest absolute Gasteiger partial charge is 0.508 e. The van der Waals surface area contributed by atoms with E-state index in [0.717, 1.165) is 23.0 Å². The van der Waals surface area contributed by atoms with E-state index in [2.05, 4.69) is 5.16 Å². The molecule has 34 heavy (non-hydrogen) atoms. The number of benzene rings is 3. The van der Waals surface area contributed by atoms with Crippen molar-refractivity contribution in [2.24, 2.45) is 5.16 Å². The number of nitrogens with zero attached hydrogens (tertiary/aromatic N) is 1. The lowest BCUT2D eigenvalue weighted by Gasteiger charge is -2.03. The van der Waals surface area contributed by atoms with E-state index in [1.165, 1.54) is 31.5 Å². The molecule has 0 aliphatic heterocycles. The Kier molecular flexibility index (Phi) is 12.0. The van der Waals surface area contributed by atoms with Crippen molar-refractivity contribution in [3.63, 3.8) is 0 Å². The molecule has 0 unspecified atom stereocenters. The zero-order valence-electron chi connectivity index (χ0n) is 19.8.